The number of anilines is 1. The summed E-state index contributed by atoms with van der Waals surface area (Å²) in [6, 6.07) is 12.7. The number of nitrogens with one attached hydrogen (secondary N) is 2. The molecule has 31 heavy (non-hydrogen) atoms. The molecule has 164 valence electrons. The lowest BCUT2D eigenvalue weighted by atomic mass is 9.65. The Morgan fingerprint density at radius 2 is 1.84 bits per heavy atom. The van der Waals surface area contributed by atoms with Crippen molar-refractivity contribution in [1.82, 2.24) is 20.0 Å². The zero-order valence-electron chi connectivity index (χ0n) is 18.6. The number of H-pyrrole nitrogens is 1. The molecule has 2 N–H and O–H groups in total. The summed E-state index contributed by atoms with van der Waals surface area (Å²) < 4.78 is 0. The fraction of sp³-hybridized carbons (Fsp3) is 0.417. The summed E-state index contributed by atoms with van der Waals surface area (Å²) in [7, 11) is 6.70. The van der Waals surface area contributed by atoms with Crippen LogP contribution in [0.5, 0.6) is 0 Å². The number of hydrogen-bond acceptors (Lipinski definition) is 3. The van der Waals surface area contributed by atoms with E-state index in [1.165, 1.54) is 5.56 Å². The van der Waals surface area contributed by atoms with Crippen LogP contribution >= 0.6 is 9.39 Å². The van der Waals surface area contributed by atoms with Crippen molar-refractivity contribution in [3.8, 4) is 0 Å². The van der Waals surface area contributed by atoms with Crippen molar-refractivity contribution in [2.75, 3.05) is 25.5 Å². The first-order chi connectivity index (χ1) is 14.9. The first-order valence-corrected chi connectivity index (χ1v) is 11.4. The second-order valence-electron chi connectivity index (χ2n) is 9.24. The summed E-state index contributed by atoms with van der Waals surface area (Å²) in [5, 5.41) is 3.75. The van der Waals surface area contributed by atoms with Crippen molar-refractivity contribution >= 4 is 32.0 Å². The first-order valence-electron chi connectivity index (χ1n) is 10.8. The molecule has 2 heterocycles. The fourth-order valence-electron chi connectivity index (χ4n) is 5.07. The van der Waals surface area contributed by atoms with Gasteiger partial charge in [0.1, 0.15) is 0 Å². The standard InChI is InChI=1S/C24H32N5OP/c1-23(10-12-24(13-11-23,28(2)3)18-7-5-4-6-8-18)17-29(22(30)27-31)21-16-25-15-20-19(21)9-14-26-20/h4-9,14-16,26H,10-13,17,31H2,1-3H3,(H,27,30). The third kappa shape index (κ3) is 4.07. The minimum atomic E-state index is -0.130. The Bertz CT molecular complexity index is 1040. The van der Waals surface area contributed by atoms with Gasteiger partial charge in [-0.1, -0.05) is 37.3 Å². The highest BCUT2D eigenvalue weighted by Crippen LogP contribution is 2.48. The normalized spacial score (nSPS) is 23.8. The highest BCUT2D eigenvalue weighted by molar-refractivity contribution is 7.15. The maximum Gasteiger partial charge on any atom is 0.324 e. The van der Waals surface area contributed by atoms with Gasteiger partial charge in [0.15, 0.2) is 0 Å². The minimum absolute atomic E-state index is 0.0178. The maximum atomic E-state index is 12.9. The van der Waals surface area contributed by atoms with E-state index in [0.717, 1.165) is 42.3 Å². The molecule has 1 saturated carbocycles. The lowest BCUT2D eigenvalue weighted by Gasteiger charge is -2.50. The van der Waals surface area contributed by atoms with E-state index in [-0.39, 0.29) is 17.0 Å². The molecule has 6 nitrogen and oxygen atoms in total. The Balaban J connectivity index is 1.60. The number of fused-ring (bicyclic) bond motifs is 1. The first kappa shape index (κ1) is 21.8. The largest absolute Gasteiger partial charge is 0.360 e. The van der Waals surface area contributed by atoms with E-state index in [9.17, 15) is 4.79 Å². The molecule has 1 aliphatic carbocycles. The van der Waals surface area contributed by atoms with Crippen molar-refractivity contribution in [2.24, 2.45) is 5.41 Å². The number of pyridine rings is 1. The summed E-state index contributed by atoms with van der Waals surface area (Å²) in [5.41, 5.74) is 3.21. The number of urea groups is 1. The highest BCUT2D eigenvalue weighted by Gasteiger charge is 2.44. The van der Waals surface area contributed by atoms with Gasteiger partial charge in [-0.3, -0.25) is 14.8 Å². The summed E-state index contributed by atoms with van der Waals surface area (Å²) in [4.78, 5) is 24.7. The quantitative estimate of drug-likeness (QED) is 0.558. The van der Waals surface area contributed by atoms with E-state index in [0.29, 0.717) is 6.54 Å². The number of amides is 2. The smallest absolute Gasteiger partial charge is 0.324 e. The van der Waals surface area contributed by atoms with Crippen molar-refractivity contribution in [2.45, 2.75) is 38.1 Å². The lowest BCUT2D eigenvalue weighted by Crippen LogP contribution is -2.50. The summed E-state index contributed by atoms with van der Waals surface area (Å²) in [6.07, 6.45) is 9.67. The molecular weight excluding hydrogens is 405 g/mol. The van der Waals surface area contributed by atoms with Crippen molar-refractivity contribution in [1.29, 1.82) is 0 Å². The zero-order chi connectivity index (χ0) is 22.1. The SMILES string of the molecule is CN(C)C1(c2ccccc2)CCC(C)(CN(C(=O)NP)c2cncc3[nH]ccc23)CC1. The van der Waals surface area contributed by atoms with Crippen LogP contribution in [0, 0.1) is 5.41 Å². The van der Waals surface area contributed by atoms with Crippen LogP contribution in [-0.4, -0.2) is 41.5 Å². The van der Waals surface area contributed by atoms with E-state index >= 15 is 0 Å². The number of hydrogen-bond donors (Lipinski definition) is 2. The molecule has 1 unspecified atom stereocenters. The van der Waals surface area contributed by atoms with Gasteiger partial charge in [-0.05, 0) is 66.2 Å². The fourth-order valence-corrected chi connectivity index (χ4v) is 5.23. The van der Waals surface area contributed by atoms with Gasteiger partial charge in [-0.15, -0.1) is 0 Å². The average Bonchev–Trinajstić information content (AvgIpc) is 3.27. The molecule has 0 aliphatic heterocycles. The van der Waals surface area contributed by atoms with E-state index in [4.69, 9.17) is 0 Å². The monoisotopic (exact) mass is 437 g/mol. The molecule has 0 spiro atoms. The van der Waals surface area contributed by atoms with Crippen LogP contribution in [-0.2, 0) is 5.54 Å². The molecular formula is C24H32N5OP. The molecule has 0 radical (unpaired) electrons. The Morgan fingerprint density at radius 3 is 2.48 bits per heavy atom. The molecule has 1 aromatic carbocycles. The van der Waals surface area contributed by atoms with Crippen LogP contribution in [0.15, 0.2) is 55.0 Å². The van der Waals surface area contributed by atoms with Crippen LogP contribution in [0.25, 0.3) is 10.9 Å². The van der Waals surface area contributed by atoms with Crippen LogP contribution in [0.1, 0.15) is 38.2 Å². The van der Waals surface area contributed by atoms with Gasteiger partial charge in [-0.2, -0.15) is 0 Å². The van der Waals surface area contributed by atoms with Gasteiger partial charge >= 0.3 is 6.03 Å². The van der Waals surface area contributed by atoms with E-state index in [1.54, 1.807) is 12.4 Å². The van der Waals surface area contributed by atoms with Gasteiger partial charge in [0.25, 0.3) is 0 Å². The zero-order valence-corrected chi connectivity index (χ0v) is 19.7. The van der Waals surface area contributed by atoms with E-state index in [2.05, 4.69) is 80.7 Å². The third-order valence-corrected chi connectivity index (χ3v) is 7.35. The summed E-state index contributed by atoms with van der Waals surface area (Å²) >= 11 is 0. The van der Waals surface area contributed by atoms with Gasteiger partial charge < -0.3 is 10.1 Å². The number of nitrogens with zero attached hydrogens (tertiary/aromatic N) is 3. The summed E-state index contributed by atoms with van der Waals surface area (Å²) in [6.45, 7) is 2.96. The number of rotatable bonds is 5. The molecule has 2 amide bonds. The Morgan fingerprint density at radius 1 is 1.13 bits per heavy atom. The van der Waals surface area contributed by atoms with Crippen molar-refractivity contribution in [3.05, 3.63) is 60.6 Å². The maximum absolute atomic E-state index is 12.9. The van der Waals surface area contributed by atoms with Gasteiger partial charge in [0.2, 0.25) is 0 Å². The predicted octanol–water partition coefficient (Wildman–Crippen LogP) is 4.91. The number of carbonyl (C=O) groups excluding carboxylic acids is 1. The third-order valence-electron chi connectivity index (χ3n) is 7.11. The number of carbonyl (C=O) groups is 1. The number of benzene rings is 1. The highest BCUT2D eigenvalue weighted by atomic mass is 31.0. The number of aromatic amines is 1. The second-order valence-corrected chi connectivity index (χ2v) is 9.52. The van der Waals surface area contributed by atoms with Gasteiger partial charge in [-0.25, -0.2) is 4.79 Å². The van der Waals surface area contributed by atoms with Crippen LogP contribution in [0.2, 0.25) is 0 Å². The topological polar surface area (TPSA) is 64.3 Å². The van der Waals surface area contributed by atoms with Crippen LogP contribution in [0.4, 0.5) is 10.5 Å². The van der Waals surface area contributed by atoms with Crippen molar-refractivity contribution < 1.29 is 4.79 Å². The molecule has 7 heteroatoms. The Hall–Kier alpha value is -2.43. The summed E-state index contributed by atoms with van der Waals surface area (Å²) in [5.74, 6) is 0. The second kappa shape index (κ2) is 8.60. The Kier molecular flexibility index (Phi) is 6.05. The van der Waals surface area contributed by atoms with Gasteiger partial charge in [0, 0.05) is 23.7 Å². The van der Waals surface area contributed by atoms with Crippen LogP contribution < -0.4 is 9.99 Å². The molecule has 0 saturated heterocycles. The van der Waals surface area contributed by atoms with Crippen LogP contribution in [0.3, 0.4) is 0 Å². The molecule has 1 atom stereocenters. The molecule has 2 aromatic heterocycles. The molecule has 4 rings (SSSR count). The van der Waals surface area contributed by atoms with E-state index in [1.807, 2.05) is 17.2 Å². The number of aromatic nitrogens is 2. The average molecular weight is 438 g/mol. The molecule has 1 fully saturated rings. The van der Waals surface area contributed by atoms with Gasteiger partial charge in [0.05, 0.1) is 23.6 Å². The Labute approximate surface area is 186 Å². The predicted molar refractivity (Wildman–Crippen MR) is 130 cm³/mol. The molecule has 3 aromatic rings. The molecule has 0 bridgehead atoms. The van der Waals surface area contributed by atoms with E-state index < -0.39 is 0 Å². The van der Waals surface area contributed by atoms with Crippen molar-refractivity contribution in [3.63, 3.8) is 0 Å². The molecule has 1 aliphatic rings. The minimum Gasteiger partial charge on any atom is -0.360 e. The lowest BCUT2D eigenvalue weighted by molar-refractivity contribution is 0.0459.